The maximum atomic E-state index is 12.8. The van der Waals surface area contributed by atoms with E-state index in [1.807, 2.05) is 24.4 Å². The van der Waals surface area contributed by atoms with Gasteiger partial charge in [-0.05, 0) is 42.6 Å². The van der Waals surface area contributed by atoms with E-state index < -0.39 is 0 Å². The van der Waals surface area contributed by atoms with E-state index in [4.69, 9.17) is 0 Å². The zero-order chi connectivity index (χ0) is 13.7. The van der Waals surface area contributed by atoms with Crippen molar-refractivity contribution in [2.45, 2.75) is 13.5 Å². The summed E-state index contributed by atoms with van der Waals surface area (Å²) in [4.78, 5) is 14.9. The zero-order valence-electron chi connectivity index (χ0n) is 10.6. The third kappa shape index (κ3) is 3.79. The molecule has 0 aliphatic rings. The van der Waals surface area contributed by atoms with Crippen molar-refractivity contribution in [3.05, 3.63) is 52.5 Å². The molecule has 0 radical (unpaired) electrons. The highest BCUT2D eigenvalue weighted by Gasteiger charge is 2.12. The van der Waals surface area contributed by atoms with Crippen molar-refractivity contribution in [2.75, 3.05) is 11.9 Å². The van der Waals surface area contributed by atoms with E-state index >= 15 is 0 Å². The van der Waals surface area contributed by atoms with Gasteiger partial charge in [0, 0.05) is 17.1 Å². The van der Waals surface area contributed by atoms with Gasteiger partial charge in [0.05, 0.1) is 6.54 Å². The molecule has 0 bridgehead atoms. The van der Waals surface area contributed by atoms with Crippen molar-refractivity contribution in [2.24, 2.45) is 0 Å². The molecule has 0 aliphatic heterocycles. The number of carbonyl (C=O) groups excluding carboxylic acids is 1. The minimum atomic E-state index is -0.316. The second-order valence-electron chi connectivity index (χ2n) is 4.03. The van der Waals surface area contributed by atoms with E-state index in [9.17, 15) is 9.18 Å². The first-order valence-corrected chi connectivity index (χ1v) is 6.91. The molecule has 2 aromatic rings. The van der Waals surface area contributed by atoms with Crippen molar-refractivity contribution in [3.63, 3.8) is 0 Å². The predicted octanol–water partition coefficient (Wildman–Crippen LogP) is 3.94. The lowest BCUT2D eigenvalue weighted by Crippen LogP contribution is -2.34. The van der Waals surface area contributed by atoms with Crippen LogP contribution in [0.15, 0.2) is 41.8 Å². The number of urea groups is 1. The SMILES string of the molecule is CCN(Cc1cccs1)C(=O)Nc1ccc(F)cc1. The minimum absolute atomic E-state index is 0.178. The van der Waals surface area contributed by atoms with E-state index in [1.165, 1.54) is 12.1 Å². The highest BCUT2D eigenvalue weighted by Crippen LogP contribution is 2.14. The van der Waals surface area contributed by atoms with Crippen molar-refractivity contribution in [1.29, 1.82) is 0 Å². The van der Waals surface area contributed by atoms with Crippen LogP contribution in [0.25, 0.3) is 0 Å². The van der Waals surface area contributed by atoms with Crippen LogP contribution in [0.2, 0.25) is 0 Å². The highest BCUT2D eigenvalue weighted by atomic mass is 32.1. The molecular formula is C14H15FN2OS. The summed E-state index contributed by atoms with van der Waals surface area (Å²) >= 11 is 1.62. The molecule has 1 heterocycles. The molecule has 1 N–H and O–H groups in total. The van der Waals surface area contributed by atoms with Gasteiger partial charge in [-0.3, -0.25) is 0 Å². The smallest absolute Gasteiger partial charge is 0.320 e. The molecular weight excluding hydrogens is 263 g/mol. The first-order chi connectivity index (χ1) is 9.19. The van der Waals surface area contributed by atoms with Gasteiger partial charge >= 0.3 is 6.03 Å². The number of carbonyl (C=O) groups is 1. The number of hydrogen-bond donors (Lipinski definition) is 1. The molecule has 0 spiro atoms. The summed E-state index contributed by atoms with van der Waals surface area (Å²) in [6, 6.07) is 9.53. The van der Waals surface area contributed by atoms with E-state index in [1.54, 1.807) is 28.4 Å². The Labute approximate surface area is 115 Å². The molecule has 0 unspecified atom stereocenters. The summed E-state index contributed by atoms with van der Waals surface area (Å²) in [6.45, 7) is 3.13. The normalized spacial score (nSPS) is 10.2. The number of nitrogens with one attached hydrogen (secondary N) is 1. The molecule has 100 valence electrons. The fraction of sp³-hybridized carbons (Fsp3) is 0.214. The van der Waals surface area contributed by atoms with Gasteiger partial charge in [0.25, 0.3) is 0 Å². The molecule has 1 aromatic carbocycles. The van der Waals surface area contributed by atoms with Crippen LogP contribution in [0.4, 0.5) is 14.9 Å². The quantitative estimate of drug-likeness (QED) is 0.902. The third-order valence-electron chi connectivity index (χ3n) is 2.69. The summed E-state index contributed by atoms with van der Waals surface area (Å²) in [5, 5.41) is 4.74. The molecule has 0 saturated carbocycles. The van der Waals surface area contributed by atoms with Crippen LogP contribution in [0.3, 0.4) is 0 Å². The topological polar surface area (TPSA) is 32.3 Å². The molecule has 0 atom stereocenters. The Hall–Kier alpha value is -1.88. The summed E-state index contributed by atoms with van der Waals surface area (Å²) in [5.74, 6) is -0.316. The third-order valence-corrected chi connectivity index (χ3v) is 3.55. The molecule has 3 nitrogen and oxygen atoms in total. The molecule has 1 aromatic heterocycles. The van der Waals surface area contributed by atoms with Gasteiger partial charge in [-0.1, -0.05) is 6.07 Å². The second-order valence-corrected chi connectivity index (χ2v) is 5.06. The van der Waals surface area contributed by atoms with Gasteiger partial charge in [-0.15, -0.1) is 11.3 Å². The Balaban J connectivity index is 1.98. The summed E-state index contributed by atoms with van der Waals surface area (Å²) in [7, 11) is 0. The van der Waals surface area contributed by atoms with Crippen molar-refractivity contribution < 1.29 is 9.18 Å². The van der Waals surface area contributed by atoms with Crippen LogP contribution >= 0.6 is 11.3 Å². The molecule has 19 heavy (non-hydrogen) atoms. The average molecular weight is 278 g/mol. The van der Waals surface area contributed by atoms with Crippen molar-refractivity contribution in [3.8, 4) is 0 Å². The van der Waals surface area contributed by atoms with E-state index in [-0.39, 0.29) is 11.8 Å². The lowest BCUT2D eigenvalue weighted by molar-refractivity contribution is 0.212. The van der Waals surface area contributed by atoms with Gasteiger partial charge in [0.1, 0.15) is 5.82 Å². The maximum Gasteiger partial charge on any atom is 0.322 e. The molecule has 0 saturated heterocycles. The van der Waals surface area contributed by atoms with E-state index in [0.29, 0.717) is 18.8 Å². The molecule has 2 amide bonds. The Kier molecular flexibility index (Phi) is 4.52. The predicted molar refractivity (Wildman–Crippen MR) is 75.8 cm³/mol. The van der Waals surface area contributed by atoms with Crippen LogP contribution in [-0.4, -0.2) is 17.5 Å². The number of amides is 2. The number of nitrogens with zero attached hydrogens (tertiary/aromatic N) is 1. The lowest BCUT2D eigenvalue weighted by Gasteiger charge is -2.20. The fourth-order valence-corrected chi connectivity index (χ4v) is 2.37. The molecule has 0 fully saturated rings. The van der Waals surface area contributed by atoms with Crippen LogP contribution in [0.5, 0.6) is 0 Å². The maximum absolute atomic E-state index is 12.8. The highest BCUT2D eigenvalue weighted by molar-refractivity contribution is 7.09. The first kappa shape index (κ1) is 13.5. The number of rotatable bonds is 4. The van der Waals surface area contributed by atoms with Crippen LogP contribution in [-0.2, 0) is 6.54 Å². The summed E-state index contributed by atoms with van der Waals surface area (Å²) < 4.78 is 12.8. The number of benzene rings is 1. The average Bonchev–Trinajstić information content (AvgIpc) is 2.91. The van der Waals surface area contributed by atoms with Crippen molar-refractivity contribution in [1.82, 2.24) is 4.90 Å². The number of anilines is 1. The number of hydrogen-bond acceptors (Lipinski definition) is 2. The lowest BCUT2D eigenvalue weighted by atomic mass is 10.3. The molecule has 5 heteroatoms. The van der Waals surface area contributed by atoms with Crippen LogP contribution in [0, 0.1) is 5.82 Å². The van der Waals surface area contributed by atoms with Gasteiger partial charge in [0.2, 0.25) is 0 Å². The van der Waals surface area contributed by atoms with Gasteiger partial charge in [0.15, 0.2) is 0 Å². The molecule has 0 aliphatic carbocycles. The largest absolute Gasteiger partial charge is 0.322 e. The standard InChI is InChI=1S/C14H15FN2OS/c1-2-17(10-13-4-3-9-19-13)14(18)16-12-7-5-11(15)6-8-12/h3-9H,2,10H2,1H3,(H,16,18). The summed E-state index contributed by atoms with van der Waals surface area (Å²) in [5.41, 5.74) is 0.594. The van der Waals surface area contributed by atoms with Crippen molar-refractivity contribution >= 4 is 23.1 Å². The van der Waals surface area contributed by atoms with Crippen LogP contribution < -0.4 is 5.32 Å². The van der Waals surface area contributed by atoms with Gasteiger partial charge < -0.3 is 10.2 Å². The van der Waals surface area contributed by atoms with E-state index in [2.05, 4.69) is 5.32 Å². The summed E-state index contributed by atoms with van der Waals surface area (Å²) in [6.07, 6.45) is 0. The van der Waals surface area contributed by atoms with Gasteiger partial charge in [-0.25, -0.2) is 9.18 Å². The number of halogens is 1. The Morgan fingerprint density at radius 1 is 1.32 bits per heavy atom. The molecule has 2 rings (SSSR count). The monoisotopic (exact) mass is 278 g/mol. The first-order valence-electron chi connectivity index (χ1n) is 6.03. The Morgan fingerprint density at radius 3 is 2.63 bits per heavy atom. The minimum Gasteiger partial charge on any atom is -0.320 e. The van der Waals surface area contributed by atoms with Crippen LogP contribution in [0.1, 0.15) is 11.8 Å². The van der Waals surface area contributed by atoms with E-state index in [0.717, 1.165) is 4.88 Å². The number of thiophene rings is 1. The second kappa shape index (κ2) is 6.33. The Morgan fingerprint density at radius 2 is 2.05 bits per heavy atom. The Bertz CT molecular complexity index is 525. The van der Waals surface area contributed by atoms with Gasteiger partial charge in [-0.2, -0.15) is 0 Å². The fourth-order valence-electron chi connectivity index (χ4n) is 1.65. The zero-order valence-corrected chi connectivity index (χ0v) is 11.4.